The molecule has 0 aromatic heterocycles. The third-order valence-corrected chi connectivity index (χ3v) is 3.19. The number of nitriles is 1. The van der Waals surface area contributed by atoms with Gasteiger partial charge in [0, 0.05) is 13.0 Å². The lowest BCUT2D eigenvalue weighted by molar-refractivity contribution is -0.138. The summed E-state index contributed by atoms with van der Waals surface area (Å²) in [6.07, 6.45) is 2.10. The van der Waals surface area contributed by atoms with Crippen molar-refractivity contribution in [2.24, 2.45) is 11.3 Å². The van der Waals surface area contributed by atoms with E-state index in [1.54, 1.807) is 0 Å². The molecule has 90 valence electrons. The molecule has 0 spiro atoms. The Bertz CT molecular complexity index is 294. The summed E-state index contributed by atoms with van der Waals surface area (Å²) in [5, 5.41) is 17.6. The Morgan fingerprint density at radius 2 is 2.31 bits per heavy atom. The molecule has 4 nitrogen and oxygen atoms in total. The molecular weight excluding hydrogens is 204 g/mol. The monoisotopic (exact) mass is 224 g/mol. The van der Waals surface area contributed by atoms with Gasteiger partial charge in [0.1, 0.15) is 0 Å². The number of carbonyl (C=O) groups is 1. The van der Waals surface area contributed by atoms with E-state index >= 15 is 0 Å². The van der Waals surface area contributed by atoms with Crippen LogP contribution in [0, 0.1) is 22.7 Å². The lowest BCUT2D eigenvalue weighted by Crippen LogP contribution is -2.26. The molecule has 1 atom stereocenters. The minimum Gasteiger partial charge on any atom is -0.481 e. The molecule has 1 aliphatic heterocycles. The SMILES string of the molecule is CC(C)(C#N)CCN1CCC(CC(=O)O)C1. The van der Waals surface area contributed by atoms with E-state index in [4.69, 9.17) is 10.4 Å². The Morgan fingerprint density at radius 3 is 2.88 bits per heavy atom. The van der Waals surface area contributed by atoms with Crippen molar-refractivity contribution in [1.82, 2.24) is 4.90 Å². The summed E-state index contributed by atoms with van der Waals surface area (Å²) in [4.78, 5) is 12.8. The number of likely N-dealkylation sites (tertiary alicyclic amines) is 1. The van der Waals surface area contributed by atoms with Crippen LogP contribution in [0.5, 0.6) is 0 Å². The Kier molecular flexibility index (Phi) is 4.31. The van der Waals surface area contributed by atoms with Crippen molar-refractivity contribution >= 4 is 5.97 Å². The second-order valence-corrected chi connectivity index (χ2v) is 5.30. The molecule has 1 heterocycles. The summed E-state index contributed by atoms with van der Waals surface area (Å²) < 4.78 is 0. The van der Waals surface area contributed by atoms with Gasteiger partial charge in [-0.3, -0.25) is 4.79 Å². The molecular formula is C12H20N2O2. The van der Waals surface area contributed by atoms with Gasteiger partial charge in [-0.15, -0.1) is 0 Å². The van der Waals surface area contributed by atoms with Crippen molar-refractivity contribution in [3.05, 3.63) is 0 Å². The van der Waals surface area contributed by atoms with Crippen molar-refractivity contribution in [2.45, 2.75) is 33.1 Å². The fraction of sp³-hybridized carbons (Fsp3) is 0.833. The van der Waals surface area contributed by atoms with Gasteiger partial charge in [0.2, 0.25) is 0 Å². The summed E-state index contributed by atoms with van der Waals surface area (Å²) >= 11 is 0. The Morgan fingerprint density at radius 1 is 1.62 bits per heavy atom. The van der Waals surface area contributed by atoms with Crippen LogP contribution in [0.3, 0.4) is 0 Å². The number of hydrogen-bond acceptors (Lipinski definition) is 3. The first-order valence-electron chi connectivity index (χ1n) is 5.78. The first kappa shape index (κ1) is 13.0. The molecule has 4 heteroatoms. The van der Waals surface area contributed by atoms with Gasteiger partial charge >= 0.3 is 5.97 Å². The number of aliphatic carboxylic acids is 1. The highest BCUT2D eigenvalue weighted by Crippen LogP contribution is 2.23. The van der Waals surface area contributed by atoms with Gasteiger partial charge in [-0.2, -0.15) is 5.26 Å². The zero-order valence-electron chi connectivity index (χ0n) is 10.1. The van der Waals surface area contributed by atoms with Crippen LogP contribution in [0.2, 0.25) is 0 Å². The van der Waals surface area contributed by atoms with Gasteiger partial charge in [-0.05, 0) is 45.7 Å². The molecule has 1 N–H and O–H groups in total. The third kappa shape index (κ3) is 4.19. The van der Waals surface area contributed by atoms with Crippen LogP contribution in [0.25, 0.3) is 0 Å². The maximum Gasteiger partial charge on any atom is 0.303 e. The van der Waals surface area contributed by atoms with E-state index in [-0.39, 0.29) is 11.8 Å². The number of hydrogen-bond donors (Lipinski definition) is 1. The fourth-order valence-electron chi connectivity index (χ4n) is 2.02. The normalized spacial score (nSPS) is 21.9. The maximum absolute atomic E-state index is 10.6. The molecule has 1 fully saturated rings. The zero-order valence-corrected chi connectivity index (χ0v) is 10.1. The highest BCUT2D eigenvalue weighted by Gasteiger charge is 2.26. The lowest BCUT2D eigenvalue weighted by Gasteiger charge is -2.21. The van der Waals surface area contributed by atoms with Crippen LogP contribution >= 0.6 is 0 Å². The van der Waals surface area contributed by atoms with Crippen LogP contribution in [-0.2, 0) is 4.79 Å². The second-order valence-electron chi connectivity index (χ2n) is 5.30. The van der Waals surface area contributed by atoms with E-state index in [0.717, 1.165) is 32.5 Å². The van der Waals surface area contributed by atoms with E-state index < -0.39 is 5.97 Å². The predicted molar refractivity (Wildman–Crippen MR) is 60.8 cm³/mol. The van der Waals surface area contributed by atoms with Crippen LogP contribution in [0.4, 0.5) is 0 Å². The first-order chi connectivity index (χ1) is 7.43. The highest BCUT2D eigenvalue weighted by molar-refractivity contribution is 5.67. The largest absolute Gasteiger partial charge is 0.481 e. The number of carboxylic acids is 1. The average Bonchev–Trinajstić information content (AvgIpc) is 2.62. The van der Waals surface area contributed by atoms with Crippen molar-refractivity contribution in [3.8, 4) is 6.07 Å². The quantitative estimate of drug-likeness (QED) is 0.772. The molecule has 0 amide bonds. The van der Waals surface area contributed by atoms with Crippen LogP contribution in [0.1, 0.15) is 33.1 Å². The van der Waals surface area contributed by atoms with Gasteiger partial charge in [0.15, 0.2) is 0 Å². The first-order valence-corrected chi connectivity index (χ1v) is 5.78. The second kappa shape index (κ2) is 5.31. The minimum absolute atomic E-state index is 0.273. The summed E-state index contributed by atoms with van der Waals surface area (Å²) in [6, 6.07) is 2.29. The summed E-state index contributed by atoms with van der Waals surface area (Å²) in [5.74, 6) is -0.410. The topological polar surface area (TPSA) is 64.3 Å². The number of rotatable bonds is 5. The molecule has 1 rings (SSSR count). The van der Waals surface area contributed by atoms with Crippen molar-refractivity contribution in [3.63, 3.8) is 0 Å². The summed E-state index contributed by atoms with van der Waals surface area (Å²) in [6.45, 7) is 6.62. The molecule has 0 aromatic rings. The van der Waals surface area contributed by atoms with Crippen molar-refractivity contribution in [2.75, 3.05) is 19.6 Å². The van der Waals surface area contributed by atoms with Gasteiger partial charge in [0.05, 0.1) is 11.5 Å². The van der Waals surface area contributed by atoms with E-state index in [9.17, 15) is 4.79 Å². The number of nitrogens with zero attached hydrogens (tertiary/aromatic N) is 2. The Labute approximate surface area is 96.9 Å². The van der Waals surface area contributed by atoms with E-state index in [2.05, 4.69) is 11.0 Å². The standard InChI is InChI=1S/C12H20N2O2/c1-12(2,9-13)4-6-14-5-3-10(8-14)7-11(15)16/h10H,3-8H2,1-2H3,(H,15,16). The highest BCUT2D eigenvalue weighted by atomic mass is 16.4. The lowest BCUT2D eigenvalue weighted by atomic mass is 9.91. The Hall–Kier alpha value is -1.08. The molecule has 0 bridgehead atoms. The summed E-state index contributed by atoms with van der Waals surface area (Å²) in [7, 11) is 0. The predicted octanol–water partition coefficient (Wildman–Crippen LogP) is 1.72. The third-order valence-electron chi connectivity index (χ3n) is 3.19. The van der Waals surface area contributed by atoms with Gasteiger partial charge in [0.25, 0.3) is 0 Å². The molecule has 1 aliphatic rings. The van der Waals surface area contributed by atoms with E-state index in [0.29, 0.717) is 5.92 Å². The minimum atomic E-state index is -0.704. The number of carboxylic acid groups (broad SMARTS) is 1. The molecule has 0 aliphatic carbocycles. The van der Waals surface area contributed by atoms with Crippen LogP contribution in [0.15, 0.2) is 0 Å². The van der Waals surface area contributed by atoms with Crippen molar-refractivity contribution < 1.29 is 9.90 Å². The van der Waals surface area contributed by atoms with E-state index in [1.165, 1.54) is 0 Å². The van der Waals surface area contributed by atoms with Gasteiger partial charge in [-0.1, -0.05) is 0 Å². The van der Waals surface area contributed by atoms with E-state index in [1.807, 2.05) is 13.8 Å². The fourth-order valence-corrected chi connectivity index (χ4v) is 2.02. The van der Waals surface area contributed by atoms with Crippen LogP contribution in [-0.4, -0.2) is 35.6 Å². The Balaban J connectivity index is 2.27. The molecule has 1 unspecified atom stereocenters. The van der Waals surface area contributed by atoms with Crippen LogP contribution < -0.4 is 0 Å². The summed E-state index contributed by atoms with van der Waals surface area (Å²) in [5.41, 5.74) is -0.273. The molecule has 0 radical (unpaired) electrons. The van der Waals surface area contributed by atoms with Crippen molar-refractivity contribution in [1.29, 1.82) is 5.26 Å². The average molecular weight is 224 g/mol. The molecule has 0 saturated carbocycles. The maximum atomic E-state index is 10.6. The van der Waals surface area contributed by atoms with Gasteiger partial charge in [-0.25, -0.2) is 0 Å². The molecule has 16 heavy (non-hydrogen) atoms. The zero-order chi connectivity index (χ0) is 12.2. The molecule has 0 aromatic carbocycles. The van der Waals surface area contributed by atoms with Gasteiger partial charge < -0.3 is 10.0 Å². The molecule has 1 saturated heterocycles. The smallest absolute Gasteiger partial charge is 0.303 e.